The van der Waals surface area contributed by atoms with E-state index in [0.717, 1.165) is 12.1 Å². The van der Waals surface area contributed by atoms with Crippen molar-refractivity contribution in [3.63, 3.8) is 0 Å². The van der Waals surface area contributed by atoms with E-state index in [1.54, 1.807) is 0 Å². The third-order valence-corrected chi connectivity index (χ3v) is 5.23. The molecular weight excluding hydrogens is 381 g/mol. The zero-order valence-electron chi connectivity index (χ0n) is 12.8. The summed E-state index contributed by atoms with van der Waals surface area (Å²) >= 11 is 7.23. The van der Waals surface area contributed by atoms with Crippen molar-refractivity contribution in [3.8, 4) is 11.5 Å². The molecule has 0 radical (unpaired) electrons. The number of benzene rings is 1. The van der Waals surface area contributed by atoms with Gasteiger partial charge in [-0.15, -0.1) is 10.2 Å². The molecule has 0 saturated heterocycles. The van der Waals surface area contributed by atoms with Crippen LogP contribution in [0.25, 0.3) is 11.5 Å². The Morgan fingerprint density at radius 2 is 2.08 bits per heavy atom. The van der Waals surface area contributed by atoms with Crippen molar-refractivity contribution < 1.29 is 27.1 Å². The largest absolute Gasteiger partial charge is 0.469 e. The van der Waals surface area contributed by atoms with E-state index in [1.165, 1.54) is 24.9 Å². The van der Waals surface area contributed by atoms with Gasteiger partial charge in [0.05, 0.1) is 29.2 Å². The highest BCUT2D eigenvalue weighted by molar-refractivity contribution is 7.99. The van der Waals surface area contributed by atoms with Crippen molar-refractivity contribution in [1.29, 1.82) is 0 Å². The van der Waals surface area contributed by atoms with Crippen LogP contribution in [0.4, 0.5) is 13.2 Å². The van der Waals surface area contributed by atoms with E-state index >= 15 is 0 Å². The van der Waals surface area contributed by atoms with E-state index in [4.69, 9.17) is 16.0 Å². The van der Waals surface area contributed by atoms with Crippen LogP contribution in [0.3, 0.4) is 0 Å². The number of thioether (sulfide) groups is 1. The minimum Gasteiger partial charge on any atom is -0.469 e. The van der Waals surface area contributed by atoms with Crippen LogP contribution in [0.2, 0.25) is 5.02 Å². The number of hydrogen-bond donors (Lipinski definition) is 0. The Labute approximate surface area is 149 Å². The van der Waals surface area contributed by atoms with Crippen molar-refractivity contribution in [2.24, 2.45) is 5.92 Å². The quantitative estimate of drug-likeness (QED) is 0.716. The van der Waals surface area contributed by atoms with Crippen LogP contribution < -0.4 is 0 Å². The minimum absolute atomic E-state index is 0.0464. The molecule has 2 aromatic rings. The molecule has 0 aliphatic heterocycles. The third-order valence-electron chi connectivity index (χ3n) is 3.83. The highest BCUT2D eigenvalue weighted by atomic mass is 35.5. The summed E-state index contributed by atoms with van der Waals surface area (Å²) in [5, 5.41) is 8.00. The maximum atomic E-state index is 12.7. The Balaban J connectivity index is 1.67. The van der Waals surface area contributed by atoms with Crippen LogP contribution >= 0.6 is 23.4 Å². The molecule has 0 unspecified atom stereocenters. The highest BCUT2D eigenvalue weighted by Gasteiger charge is 2.37. The summed E-state index contributed by atoms with van der Waals surface area (Å²) in [6.45, 7) is 0. The fourth-order valence-electron chi connectivity index (χ4n) is 2.39. The number of rotatable bonds is 4. The number of halogens is 4. The van der Waals surface area contributed by atoms with Gasteiger partial charge in [0, 0.05) is 5.25 Å². The summed E-state index contributed by atoms with van der Waals surface area (Å²) in [5.74, 6) is -0.307. The van der Waals surface area contributed by atoms with Crippen LogP contribution in [0.15, 0.2) is 27.8 Å². The summed E-state index contributed by atoms with van der Waals surface area (Å²) in [4.78, 5) is 11.3. The van der Waals surface area contributed by atoms with Gasteiger partial charge in [-0.1, -0.05) is 23.4 Å². The molecule has 25 heavy (non-hydrogen) atoms. The van der Waals surface area contributed by atoms with E-state index in [0.29, 0.717) is 12.8 Å². The predicted octanol–water partition coefficient (Wildman–Crippen LogP) is 4.45. The van der Waals surface area contributed by atoms with Gasteiger partial charge in [0.25, 0.3) is 5.22 Å². The number of ether oxygens (including phenoxy) is 1. The molecule has 1 aromatic carbocycles. The lowest BCUT2D eigenvalue weighted by atomic mass is 9.85. The molecule has 1 heterocycles. The van der Waals surface area contributed by atoms with Gasteiger partial charge in [-0.25, -0.2) is 0 Å². The Kier molecular flexibility index (Phi) is 4.97. The molecule has 10 heteroatoms. The number of hydrogen-bond acceptors (Lipinski definition) is 6. The number of esters is 1. The van der Waals surface area contributed by atoms with Gasteiger partial charge in [-0.2, -0.15) is 13.2 Å². The molecule has 134 valence electrons. The summed E-state index contributed by atoms with van der Waals surface area (Å²) in [7, 11) is 1.35. The first-order chi connectivity index (χ1) is 11.8. The maximum absolute atomic E-state index is 12.7. The lowest BCUT2D eigenvalue weighted by molar-refractivity contribution is -0.148. The van der Waals surface area contributed by atoms with Crippen LogP contribution in [0.1, 0.15) is 18.4 Å². The monoisotopic (exact) mass is 392 g/mol. The first-order valence-electron chi connectivity index (χ1n) is 7.23. The fraction of sp³-hybridized carbons (Fsp3) is 0.400. The van der Waals surface area contributed by atoms with Crippen LogP contribution in [-0.2, 0) is 15.7 Å². The highest BCUT2D eigenvalue weighted by Crippen LogP contribution is 2.42. The number of alkyl halides is 3. The van der Waals surface area contributed by atoms with Crippen molar-refractivity contribution >= 4 is 29.3 Å². The minimum atomic E-state index is -4.47. The van der Waals surface area contributed by atoms with E-state index in [-0.39, 0.29) is 38.8 Å². The molecule has 1 fully saturated rings. The van der Waals surface area contributed by atoms with E-state index in [9.17, 15) is 18.0 Å². The first kappa shape index (κ1) is 18.1. The molecule has 1 aliphatic rings. The standard InChI is InChI=1S/C15H12ClF3N2O3S/c1-23-13(22)7-4-9(5-7)25-14-21-20-12(24-14)10-3-2-8(6-11(10)16)15(17,18)19/h2-3,6-7,9H,4-5H2,1H3/t7-,9-. The average Bonchev–Trinajstić information content (AvgIpc) is 2.97. The lowest BCUT2D eigenvalue weighted by Crippen LogP contribution is -2.33. The van der Waals surface area contributed by atoms with Gasteiger partial charge in [-0.3, -0.25) is 4.79 Å². The zero-order chi connectivity index (χ0) is 18.2. The number of carbonyl (C=O) groups is 1. The number of carbonyl (C=O) groups excluding carboxylic acids is 1. The van der Waals surface area contributed by atoms with E-state index < -0.39 is 11.7 Å². The molecule has 0 amide bonds. The smallest absolute Gasteiger partial charge is 0.416 e. The number of aromatic nitrogens is 2. The topological polar surface area (TPSA) is 65.2 Å². The van der Waals surface area contributed by atoms with Gasteiger partial charge < -0.3 is 9.15 Å². The summed E-state index contributed by atoms with van der Waals surface area (Å²) in [5.41, 5.74) is -0.617. The number of nitrogens with zero attached hydrogens (tertiary/aromatic N) is 2. The van der Waals surface area contributed by atoms with Crippen molar-refractivity contribution in [1.82, 2.24) is 10.2 Å². The van der Waals surface area contributed by atoms with Gasteiger partial charge in [0.2, 0.25) is 5.89 Å². The summed E-state index contributed by atoms with van der Waals surface area (Å²) < 4.78 is 48.1. The van der Waals surface area contributed by atoms with Crippen molar-refractivity contribution in [2.45, 2.75) is 29.5 Å². The SMILES string of the molecule is COC(=O)[C@H]1C[C@H](Sc2nnc(-c3ccc(C(F)(F)F)cc3Cl)o2)C1. The fourth-order valence-corrected chi connectivity index (χ4v) is 3.81. The molecule has 1 aromatic heterocycles. The Morgan fingerprint density at radius 1 is 1.36 bits per heavy atom. The van der Waals surface area contributed by atoms with Crippen LogP contribution in [0, 0.1) is 5.92 Å². The molecule has 0 N–H and O–H groups in total. The zero-order valence-corrected chi connectivity index (χ0v) is 14.4. The Bertz CT molecular complexity index is 791. The molecule has 1 aliphatic carbocycles. The van der Waals surface area contributed by atoms with Crippen molar-refractivity contribution in [2.75, 3.05) is 7.11 Å². The van der Waals surface area contributed by atoms with E-state index in [1.807, 2.05) is 0 Å². The van der Waals surface area contributed by atoms with Gasteiger partial charge in [-0.05, 0) is 31.0 Å². The van der Waals surface area contributed by atoms with E-state index in [2.05, 4.69) is 14.9 Å². The Hall–Kier alpha value is -1.74. The molecule has 1 saturated carbocycles. The third kappa shape index (κ3) is 3.92. The molecule has 5 nitrogen and oxygen atoms in total. The number of methoxy groups -OCH3 is 1. The molecule has 0 spiro atoms. The maximum Gasteiger partial charge on any atom is 0.416 e. The summed E-state index contributed by atoms with van der Waals surface area (Å²) in [6.07, 6.45) is -3.18. The Morgan fingerprint density at radius 3 is 2.68 bits per heavy atom. The van der Waals surface area contributed by atoms with Crippen LogP contribution in [-0.4, -0.2) is 28.5 Å². The second-order valence-electron chi connectivity index (χ2n) is 5.50. The molecule has 0 atom stereocenters. The van der Waals surface area contributed by atoms with Gasteiger partial charge >= 0.3 is 12.1 Å². The van der Waals surface area contributed by atoms with Crippen molar-refractivity contribution in [3.05, 3.63) is 28.8 Å². The lowest BCUT2D eigenvalue weighted by Gasteiger charge is -2.31. The van der Waals surface area contributed by atoms with Gasteiger partial charge in [0.15, 0.2) is 0 Å². The predicted molar refractivity (Wildman–Crippen MR) is 84.1 cm³/mol. The first-order valence-corrected chi connectivity index (χ1v) is 8.49. The molecule has 0 bridgehead atoms. The van der Waals surface area contributed by atoms with Gasteiger partial charge in [0.1, 0.15) is 0 Å². The molecule has 3 rings (SSSR count). The normalized spacial score (nSPS) is 20.2. The second kappa shape index (κ2) is 6.87. The van der Waals surface area contributed by atoms with Crippen LogP contribution in [0.5, 0.6) is 0 Å². The average molecular weight is 393 g/mol. The second-order valence-corrected chi connectivity index (χ2v) is 7.16. The molecular formula is C15H12ClF3N2O3S. The summed E-state index contributed by atoms with van der Waals surface area (Å²) in [6, 6.07) is 2.93.